The maximum absolute atomic E-state index is 4.98. The molecule has 56 heavy (non-hydrogen) atoms. The van der Waals surface area contributed by atoms with Crippen LogP contribution < -0.4 is 0 Å². The maximum Gasteiger partial charge on any atom is 0.164 e. The van der Waals surface area contributed by atoms with E-state index < -0.39 is 5.41 Å². The second-order valence-electron chi connectivity index (χ2n) is 14.7. The van der Waals surface area contributed by atoms with Gasteiger partial charge in [0, 0.05) is 27.5 Å². The molecule has 0 fully saturated rings. The van der Waals surface area contributed by atoms with E-state index in [-0.39, 0.29) is 0 Å². The molecule has 0 saturated carbocycles. The maximum atomic E-state index is 4.98. The summed E-state index contributed by atoms with van der Waals surface area (Å²) in [5, 5.41) is 2.57. The molecule has 1 atom stereocenters. The minimum Gasteiger partial charge on any atom is -0.309 e. The Balaban J connectivity index is 1.04. The highest BCUT2D eigenvalue weighted by Gasteiger charge is 2.50. The smallest absolute Gasteiger partial charge is 0.164 e. The number of para-hydroxylation sites is 3. The van der Waals surface area contributed by atoms with E-state index in [0.717, 1.165) is 22.3 Å². The number of nitrogens with zero attached hydrogens (tertiary/aromatic N) is 4. The van der Waals surface area contributed by atoms with Gasteiger partial charge >= 0.3 is 0 Å². The fourth-order valence-corrected chi connectivity index (χ4v) is 9.49. The van der Waals surface area contributed by atoms with Crippen molar-refractivity contribution < 1.29 is 0 Å². The summed E-state index contributed by atoms with van der Waals surface area (Å²) in [4.78, 5) is 14.8. The molecule has 1 unspecified atom stereocenters. The van der Waals surface area contributed by atoms with E-state index in [1.807, 2.05) is 60.7 Å². The van der Waals surface area contributed by atoms with Gasteiger partial charge in [-0.15, -0.1) is 0 Å². The molecule has 10 aromatic rings. The Morgan fingerprint density at radius 2 is 0.857 bits per heavy atom. The van der Waals surface area contributed by atoms with Crippen molar-refractivity contribution in [3.8, 4) is 62.1 Å². The van der Waals surface area contributed by atoms with E-state index in [2.05, 4.69) is 138 Å². The summed E-state index contributed by atoms with van der Waals surface area (Å²) in [6.07, 6.45) is 0. The van der Waals surface area contributed by atoms with E-state index in [1.54, 1.807) is 0 Å². The van der Waals surface area contributed by atoms with Gasteiger partial charge in [-0.3, -0.25) is 0 Å². The molecule has 0 amide bonds. The predicted octanol–water partition coefficient (Wildman–Crippen LogP) is 12.3. The lowest BCUT2D eigenvalue weighted by atomic mass is 9.65. The van der Waals surface area contributed by atoms with Gasteiger partial charge < -0.3 is 4.57 Å². The van der Waals surface area contributed by atoms with Gasteiger partial charge in [-0.05, 0) is 62.7 Å². The average Bonchev–Trinajstić information content (AvgIpc) is 3.77. The van der Waals surface area contributed by atoms with Gasteiger partial charge in [0.2, 0.25) is 0 Å². The molecule has 12 rings (SSSR count). The zero-order valence-electron chi connectivity index (χ0n) is 30.3. The topological polar surface area (TPSA) is 43.6 Å². The summed E-state index contributed by atoms with van der Waals surface area (Å²) >= 11 is 0. The summed E-state index contributed by atoms with van der Waals surface area (Å²) in [6.45, 7) is 0. The van der Waals surface area contributed by atoms with Crippen molar-refractivity contribution in [2.24, 2.45) is 0 Å². The highest BCUT2D eigenvalue weighted by molar-refractivity contribution is 6.12. The standard InChI is InChI=1S/C52H32N4/c1-3-14-34(15-4-1)49-53-50(35-16-5-2-6-17-35)55-51(54-49)36-28-26-33(27-29-36)37-30-31-39-38-18-7-9-21-42(38)52(45(39)32-37)43-22-10-12-25-47(43)56-46-24-11-8-19-40(46)41-20-13-23-44(52)48(41)56/h1-32H. The van der Waals surface area contributed by atoms with Crippen LogP contribution in [0.4, 0.5) is 0 Å². The minimum atomic E-state index is -0.491. The lowest BCUT2D eigenvalue weighted by molar-refractivity contribution is 0.749. The first-order valence-electron chi connectivity index (χ1n) is 19.1. The molecule has 2 aliphatic rings. The van der Waals surface area contributed by atoms with Crippen LogP contribution in [-0.2, 0) is 5.41 Å². The van der Waals surface area contributed by atoms with Gasteiger partial charge in [-0.1, -0.05) is 176 Å². The highest BCUT2D eigenvalue weighted by atomic mass is 15.0. The van der Waals surface area contributed by atoms with Crippen LogP contribution in [0.25, 0.3) is 83.9 Å². The summed E-state index contributed by atoms with van der Waals surface area (Å²) in [5.41, 5.74) is 16.3. The molecule has 0 N–H and O–H groups in total. The van der Waals surface area contributed by atoms with Crippen molar-refractivity contribution in [3.05, 3.63) is 216 Å². The van der Waals surface area contributed by atoms with Gasteiger partial charge in [0.15, 0.2) is 17.5 Å². The summed E-state index contributed by atoms with van der Waals surface area (Å²) in [6, 6.07) is 69.8. The van der Waals surface area contributed by atoms with Crippen molar-refractivity contribution in [2.45, 2.75) is 5.41 Å². The van der Waals surface area contributed by atoms with Crippen LogP contribution in [0.2, 0.25) is 0 Å². The second kappa shape index (κ2) is 11.8. The Morgan fingerprint density at radius 3 is 1.59 bits per heavy atom. The Bertz CT molecular complexity index is 3120. The Labute approximate surface area is 324 Å². The molecule has 0 bridgehead atoms. The van der Waals surface area contributed by atoms with Gasteiger partial charge in [0.25, 0.3) is 0 Å². The van der Waals surface area contributed by atoms with E-state index in [9.17, 15) is 0 Å². The zero-order valence-corrected chi connectivity index (χ0v) is 30.3. The number of aromatic nitrogens is 4. The zero-order chi connectivity index (χ0) is 36.8. The fraction of sp³-hybridized carbons (Fsp3) is 0.0192. The number of fused-ring (bicyclic) bond motifs is 12. The van der Waals surface area contributed by atoms with Gasteiger partial charge in [0.1, 0.15) is 0 Å². The minimum absolute atomic E-state index is 0.491. The monoisotopic (exact) mass is 712 g/mol. The molecular formula is C52H32N4. The summed E-state index contributed by atoms with van der Waals surface area (Å²) in [5.74, 6) is 1.96. The first-order valence-corrected chi connectivity index (χ1v) is 19.1. The van der Waals surface area contributed by atoms with Crippen LogP contribution in [0.1, 0.15) is 22.3 Å². The first-order chi connectivity index (χ1) is 27.8. The molecule has 0 radical (unpaired) electrons. The van der Waals surface area contributed by atoms with E-state index >= 15 is 0 Å². The molecule has 1 spiro atoms. The molecule has 4 heteroatoms. The first kappa shape index (κ1) is 31.0. The summed E-state index contributed by atoms with van der Waals surface area (Å²) < 4.78 is 2.50. The molecule has 1 aliphatic carbocycles. The normalized spacial score (nSPS) is 14.9. The lowest BCUT2D eigenvalue weighted by Crippen LogP contribution is -2.33. The third-order valence-electron chi connectivity index (χ3n) is 11.9. The van der Waals surface area contributed by atoms with E-state index in [4.69, 9.17) is 15.0 Å². The van der Waals surface area contributed by atoms with Crippen molar-refractivity contribution in [1.82, 2.24) is 19.5 Å². The van der Waals surface area contributed by atoms with Crippen molar-refractivity contribution in [3.63, 3.8) is 0 Å². The van der Waals surface area contributed by atoms with Crippen LogP contribution in [0.3, 0.4) is 0 Å². The van der Waals surface area contributed by atoms with Crippen LogP contribution in [-0.4, -0.2) is 19.5 Å². The van der Waals surface area contributed by atoms with Crippen LogP contribution >= 0.6 is 0 Å². The van der Waals surface area contributed by atoms with E-state index in [0.29, 0.717) is 17.5 Å². The third-order valence-corrected chi connectivity index (χ3v) is 11.9. The second-order valence-corrected chi connectivity index (χ2v) is 14.7. The molecule has 260 valence electrons. The largest absolute Gasteiger partial charge is 0.309 e. The predicted molar refractivity (Wildman–Crippen MR) is 227 cm³/mol. The lowest BCUT2D eigenvalue weighted by Gasteiger charge is -2.39. The van der Waals surface area contributed by atoms with Crippen molar-refractivity contribution in [1.29, 1.82) is 0 Å². The van der Waals surface area contributed by atoms with Gasteiger partial charge in [0.05, 0.1) is 22.1 Å². The quantitative estimate of drug-likeness (QED) is 0.182. The van der Waals surface area contributed by atoms with Crippen LogP contribution in [0.15, 0.2) is 194 Å². The molecule has 2 aromatic heterocycles. The number of rotatable bonds is 4. The molecule has 3 heterocycles. The molecular weight excluding hydrogens is 681 g/mol. The van der Waals surface area contributed by atoms with Crippen molar-refractivity contribution >= 4 is 21.8 Å². The van der Waals surface area contributed by atoms with Crippen LogP contribution in [0, 0.1) is 0 Å². The molecule has 4 nitrogen and oxygen atoms in total. The SMILES string of the molecule is c1ccc(-c2nc(-c3ccccc3)nc(-c3ccc(-c4ccc5c(c4)C4(c6ccccc6-5)c5ccccc5-n5c6ccccc6c6cccc4c65)cc3)n2)cc1. The number of hydrogen-bond donors (Lipinski definition) is 0. The van der Waals surface area contributed by atoms with Gasteiger partial charge in [-0.2, -0.15) is 0 Å². The number of benzene rings is 8. The molecule has 1 aliphatic heterocycles. The average molecular weight is 713 g/mol. The van der Waals surface area contributed by atoms with Crippen molar-refractivity contribution in [2.75, 3.05) is 0 Å². The van der Waals surface area contributed by atoms with Crippen LogP contribution in [0.5, 0.6) is 0 Å². The third kappa shape index (κ3) is 4.27. The summed E-state index contributed by atoms with van der Waals surface area (Å²) in [7, 11) is 0. The molecule has 8 aromatic carbocycles. The Morgan fingerprint density at radius 1 is 0.339 bits per heavy atom. The van der Waals surface area contributed by atoms with Gasteiger partial charge in [-0.25, -0.2) is 15.0 Å². The number of hydrogen-bond acceptors (Lipinski definition) is 3. The highest BCUT2D eigenvalue weighted by Crippen LogP contribution is 2.61. The Hall–Kier alpha value is -7.43. The van der Waals surface area contributed by atoms with E-state index in [1.165, 1.54) is 66.4 Å². The fourth-order valence-electron chi connectivity index (χ4n) is 9.49. The molecule has 0 saturated heterocycles. The Kier molecular flexibility index (Phi) is 6.52.